The van der Waals surface area contributed by atoms with E-state index in [-0.39, 0.29) is 11.5 Å². The molecule has 1 aliphatic carbocycles. The average molecular weight is 327 g/mol. The average Bonchev–Trinajstić information content (AvgIpc) is 2.92. The topological polar surface area (TPSA) is 47.6 Å². The van der Waals surface area contributed by atoms with Crippen molar-refractivity contribution in [2.24, 2.45) is 0 Å². The maximum Gasteiger partial charge on any atom is 0.255 e. The molecule has 1 N–H and O–H groups in total. The van der Waals surface area contributed by atoms with Gasteiger partial charge in [0.05, 0.1) is 0 Å². The number of carbonyl (C=O) groups is 1. The summed E-state index contributed by atoms with van der Waals surface area (Å²) in [6, 6.07) is 10.9. The summed E-state index contributed by atoms with van der Waals surface area (Å²) >= 11 is 0. The number of amides is 1. The molecule has 1 heterocycles. The Morgan fingerprint density at radius 3 is 2.58 bits per heavy atom. The fourth-order valence-corrected chi connectivity index (χ4v) is 3.30. The minimum atomic E-state index is -0.536. The van der Waals surface area contributed by atoms with Crippen LogP contribution in [0.15, 0.2) is 42.5 Å². The lowest BCUT2D eigenvalue weighted by Gasteiger charge is -2.31. The summed E-state index contributed by atoms with van der Waals surface area (Å²) in [5.74, 6) is 0.0223. The molecule has 1 aliphatic heterocycles. The van der Waals surface area contributed by atoms with Gasteiger partial charge < -0.3 is 14.8 Å². The van der Waals surface area contributed by atoms with E-state index in [2.05, 4.69) is 5.32 Å². The molecule has 2 aromatic carbocycles. The minimum absolute atomic E-state index is 0.274. The van der Waals surface area contributed by atoms with Gasteiger partial charge >= 0.3 is 0 Å². The molecule has 0 atom stereocenters. The van der Waals surface area contributed by atoms with Crippen LogP contribution in [0.3, 0.4) is 0 Å². The lowest BCUT2D eigenvalue weighted by Crippen LogP contribution is -2.40. The first-order valence-corrected chi connectivity index (χ1v) is 8.23. The first-order chi connectivity index (χ1) is 11.6. The maximum absolute atomic E-state index is 13.2. The molecular weight excluding hydrogens is 309 g/mol. The molecule has 1 fully saturated rings. The van der Waals surface area contributed by atoms with Gasteiger partial charge in [0.1, 0.15) is 5.82 Å². The molecule has 0 unspecified atom stereocenters. The van der Waals surface area contributed by atoms with Crippen LogP contribution >= 0.6 is 0 Å². The largest absolute Gasteiger partial charge is 0.448 e. The lowest BCUT2D eigenvalue weighted by molar-refractivity contribution is -0.105. The Balaban J connectivity index is 1.51. The monoisotopic (exact) mass is 327 g/mol. The fraction of sp³-hybridized carbons (Fsp3) is 0.316. The Bertz CT molecular complexity index is 784. The van der Waals surface area contributed by atoms with Crippen LogP contribution in [0.25, 0.3) is 0 Å². The van der Waals surface area contributed by atoms with Crippen molar-refractivity contribution in [3.05, 3.63) is 53.8 Å². The summed E-state index contributed by atoms with van der Waals surface area (Å²) in [5.41, 5.74) is 0.871. The molecule has 1 amide bonds. The normalized spacial score (nSPS) is 17.7. The third-order valence-electron chi connectivity index (χ3n) is 4.50. The van der Waals surface area contributed by atoms with Gasteiger partial charge in [-0.05, 0) is 43.2 Å². The van der Waals surface area contributed by atoms with Crippen molar-refractivity contribution in [1.82, 2.24) is 0 Å². The second-order valence-electron chi connectivity index (χ2n) is 6.30. The van der Waals surface area contributed by atoms with E-state index in [9.17, 15) is 9.18 Å². The van der Waals surface area contributed by atoms with Crippen molar-refractivity contribution in [2.75, 3.05) is 5.32 Å². The number of fused-ring (bicyclic) bond motifs is 1. The van der Waals surface area contributed by atoms with Gasteiger partial charge in [0, 0.05) is 30.2 Å². The molecule has 2 aliphatic rings. The molecule has 0 bridgehead atoms. The van der Waals surface area contributed by atoms with E-state index in [1.54, 1.807) is 24.3 Å². The van der Waals surface area contributed by atoms with Crippen molar-refractivity contribution >= 4 is 11.6 Å². The third-order valence-corrected chi connectivity index (χ3v) is 4.50. The van der Waals surface area contributed by atoms with Gasteiger partial charge in [0.15, 0.2) is 11.5 Å². The third kappa shape index (κ3) is 2.82. The summed E-state index contributed by atoms with van der Waals surface area (Å²) in [6.07, 6.45) is 5.16. The number of hydrogen-bond acceptors (Lipinski definition) is 3. The molecule has 24 heavy (non-hydrogen) atoms. The standard InChI is InChI=1S/C19H18FNO3/c20-14-6-4-5-13(11-14)18(22)21-15-7-8-16-17(12-15)24-19(23-16)9-2-1-3-10-19/h4-8,11-12H,1-3,9-10H2,(H,21,22). The molecule has 5 heteroatoms. The van der Waals surface area contributed by atoms with Crippen molar-refractivity contribution < 1.29 is 18.7 Å². The van der Waals surface area contributed by atoms with Crippen LogP contribution in [0.4, 0.5) is 10.1 Å². The number of ether oxygens (including phenoxy) is 2. The molecule has 0 aromatic heterocycles. The SMILES string of the molecule is O=C(Nc1ccc2c(c1)OC1(CCCCC1)O2)c1cccc(F)c1. The van der Waals surface area contributed by atoms with Crippen LogP contribution in [0, 0.1) is 5.82 Å². The Kier molecular flexibility index (Phi) is 3.63. The molecule has 4 nitrogen and oxygen atoms in total. The first kappa shape index (κ1) is 15.0. The van der Waals surface area contributed by atoms with Crippen molar-refractivity contribution in [2.45, 2.75) is 37.9 Å². The predicted octanol–water partition coefficient (Wildman–Crippen LogP) is 4.51. The quantitative estimate of drug-likeness (QED) is 0.883. The number of benzene rings is 2. The minimum Gasteiger partial charge on any atom is -0.448 e. The number of rotatable bonds is 2. The van der Waals surface area contributed by atoms with Crippen LogP contribution in [0.1, 0.15) is 42.5 Å². The number of carbonyl (C=O) groups excluding carboxylic acids is 1. The van der Waals surface area contributed by atoms with Crippen LogP contribution in [-0.4, -0.2) is 11.7 Å². The Morgan fingerprint density at radius 1 is 1.00 bits per heavy atom. The van der Waals surface area contributed by atoms with Crippen LogP contribution in [0.2, 0.25) is 0 Å². The number of nitrogens with one attached hydrogen (secondary N) is 1. The van der Waals surface area contributed by atoms with Gasteiger partial charge in [0.2, 0.25) is 0 Å². The second kappa shape index (κ2) is 5.82. The van der Waals surface area contributed by atoms with Gasteiger partial charge in [-0.3, -0.25) is 4.79 Å². The van der Waals surface area contributed by atoms with Gasteiger partial charge in [0.25, 0.3) is 11.7 Å². The number of halogens is 1. The summed E-state index contributed by atoms with van der Waals surface area (Å²) < 4.78 is 25.3. The van der Waals surface area contributed by atoms with Gasteiger partial charge in [-0.15, -0.1) is 0 Å². The maximum atomic E-state index is 13.2. The van der Waals surface area contributed by atoms with Gasteiger partial charge in [-0.2, -0.15) is 0 Å². The van der Waals surface area contributed by atoms with Crippen molar-refractivity contribution in [3.63, 3.8) is 0 Å². The predicted molar refractivity (Wildman–Crippen MR) is 87.9 cm³/mol. The number of anilines is 1. The highest BCUT2D eigenvalue weighted by Gasteiger charge is 2.42. The Morgan fingerprint density at radius 2 is 1.79 bits per heavy atom. The molecule has 0 saturated heterocycles. The van der Waals surface area contributed by atoms with Gasteiger partial charge in [-0.1, -0.05) is 12.5 Å². The Hall–Kier alpha value is -2.56. The molecule has 4 rings (SSSR count). The zero-order valence-corrected chi connectivity index (χ0v) is 13.2. The molecule has 2 aromatic rings. The zero-order chi connectivity index (χ0) is 16.6. The van der Waals surface area contributed by atoms with E-state index in [0.717, 1.165) is 25.7 Å². The van der Waals surface area contributed by atoms with E-state index in [1.807, 2.05) is 0 Å². The summed E-state index contributed by atoms with van der Waals surface area (Å²) in [6.45, 7) is 0. The Labute approximate surface area is 139 Å². The molecule has 1 spiro atoms. The lowest BCUT2D eigenvalue weighted by atomic mass is 9.94. The highest BCUT2D eigenvalue weighted by atomic mass is 19.1. The molecular formula is C19H18FNO3. The van der Waals surface area contributed by atoms with E-state index < -0.39 is 11.6 Å². The summed E-state index contributed by atoms with van der Waals surface area (Å²) in [7, 11) is 0. The molecule has 1 saturated carbocycles. The van der Waals surface area contributed by atoms with Crippen LogP contribution < -0.4 is 14.8 Å². The highest BCUT2D eigenvalue weighted by molar-refractivity contribution is 6.04. The molecule has 124 valence electrons. The van der Waals surface area contributed by atoms with Crippen molar-refractivity contribution in [1.29, 1.82) is 0 Å². The van der Waals surface area contributed by atoms with Crippen LogP contribution in [0.5, 0.6) is 11.5 Å². The molecule has 0 radical (unpaired) electrons. The van der Waals surface area contributed by atoms with Gasteiger partial charge in [-0.25, -0.2) is 4.39 Å². The zero-order valence-electron chi connectivity index (χ0n) is 13.2. The van der Waals surface area contributed by atoms with E-state index in [0.29, 0.717) is 17.2 Å². The van der Waals surface area contributed by atoms with Crippen molar-refractivity contribution in [3.8, 4) is 11.5 Å². The van der Waals surface area contributed by atoms with E-state index in [1.165, 1.54) is 24.6 Å². The smallest absolute Gasteiger partial charge is 0.255 e. The second-order valence-corrected chi connectivity index (χ2v) is 6.30. The first-order valence-electron chi connectivity index (χ1n) is 8.23. The highest BCUT2D eigenvalue weighted by Crippen LogP contribution is 2.46. The summed E-state index contributed by atoms with van der Waals surface area (Å²) in [4.78, 5) is 12.2. The fourth-order valence-electron chi connectivity index (χ4n) is 3.30. The van der Waals surface area contributed by atoms with E-state index >= 15 is 0 Å². The number of hydrogen-bond donors (Lipinski definition) is 1. The van der Waals surface area contributed by atoms with E-state index in [4.69, 9.17) is 9.47 Å². The summed E-state index contributed by atoms with van der Waals surface area (Å²) in [5, 5.41) is 2.77. The van der Waals surface area contributed by atoms with Crippen LogP contribution in [-0.2, 0) is 0 Å².